The highest BCUT2D eigenvalue weighted by molar-refractivity contribution is 9.10. The number of pyridine rings is 1. The number of aliphatic hydroxyl groups is 1. The van der Waals surface area contributed by atoms with E-state index in [4.69, 9.17) is 21.6 Å². The van der Waals surface area contributed by atoms with Gasteiger partial charge in [-0.05, 0) is 36.4 Å². The molecule has 4 rings (SSSR count). The van der Waals surface area contributed by atoms with Crippen LogP contribution in [-0.2, 0) is 17.0 Å². The number of nitrogens with zero attached hydrogens (tertiary/aromatic N) is 3. The Balaban J connectivity index is 1.94. The number of benzene rings is 2. The maximum atomic E-state index is 15.4. The lowest BCUT2D eigenvalue weighted by atomic mass is 9.92. The van der Waals surface area contributed by atoms with Crippen molar-refractivity contribution in [1.82, 2.24) is 9.88 Å². The van der Waals surface area contributed by atoms with Crippen LogP contribution in [0.4, 0.5) is 4.39 Å². The summed E-state index contributed by atoms with van der Waals surface area (Å²) in [6.07, 6.45) is 1.40. The number of halogens is 3. The highest BCUT2D eigenvalue weighted by Gasteiger charge is 2.54. The second-order valence-electron chi connectivity index (χ2n) is 7.07. The van der Waals surface area contributed by atoms with Gasteiger partial charge < -0.3 is 9.84 Å². The Morgan fingerprint density at radius 1 is 1.25 bits per heavy atom. The number of fused-ring (bicyclic) bond motifs is 1. The van der Waals surface area contributed by atoms with Crippen molar-refractivity contribution < 1.29 is 19.0 Å². The molecule has 0 fully saturated rings. The van der Waals surface area contributed by atoms with Gasteiger partial charge >= 0.3 is 0 Å². The van der Waals surface area contributed by atoms with Gasteiger partial charge in [0.15, 0.2) is 5.72 Å². The fourth-order valence-corrected chi connectivity index (χ4v) is 4.40. The smallest absolute Gasteiger partial charge is 0.257 e. The van der Waals surface area contributed by atoms with Crippen LogP contribution in [0.15, 0.2) is 59.2 Å². The van der Waals surface area contributed by atoms with Crippen LogP contribution in [0.25, 0.3) is 0 Å². The predicted molar refractivity (Wildman–Crippen MR) is 118 cm³/mol. The summed E-state index contributed by atoms with van der Waals surface area (Å²) in [5.41, 5.74) is -0.137. The van der Waals surface area contributed by atoms with Gasteiger partial charge in [-0.2, -0.15) is 5.26 Å². The monoisotopic (exact) mass is 515 g/mol. The highest BCUT2D eigenvalue weighted by atomic mass is 79.9. The minimum absolute atomic E-state index is 0.0235. The van der Waals surface area contributed by atoms with E-state index < -0.39 is 17.4 Å². The average molecular weight is 517 g/mol. The summed E-state index contributed by atoms with van der Waals surface area (Å²) < 4.78 is 21.9. The Hall–Kier alpha value is -2.83. The van der Waals surface area contributed by atoms with E-state index in [1.54, 1.807) is 42.5 Å². The molecule has 0 saturated carbocycles. The molecule has 0 aliphatic carbocycles. The van der Waals surface area contributed by atoms with Gasteiger partial charge in [0, 0.05) is 21.3 Å². The van der Waals surface area contributed by atoms with E-state index in [2.05, 4.69) is 20.9 Å². The maximum Gasteiger partial charge on any atom is 0.257 e. The Morgan fingerprint density at radius 3 is 2.62 bits per heavy atom. The minimum Gasteiger partial charge on any atom is -0.394 e. The lowest BCUT2D eigenvalue weighted by molar-refractivity contribution is -0.120. The molecule has 162 valence electrons. The van der Waals surface area contributed by atoms with E-state index >= 15 is 4.39 Å². The number of hydrogen-bond acceptors (Lipinski definition) is 5. The van der Waals surface area contributed by atoms with Crippen LogP contribution < -0.4 is 0 Å². The van der Waals surface area contributed by atoms with E-state index in [0.29, 0.717) is 26.3 Å². The van der Waals surface area contributed by atoms with Gasteiger partial charge in [0.25, 0.3) is 5.91 Å². The Bertz CT molecular complexity index is 1210. The third kappa shape index (κ3) is 3.78. The molecule has 1 aromatic heterocycles. The van der Waals surface area contributed by atoms with Crippen molar-refractivity contribution in [3.8, 4) is 6.07 Å². The van der Waals surface area contributed by atoms with E-state index in [1.165, 1.54) is 17.2 Å². The molecule has 1 aliphatic rings. The number of nitriles is 1. The molecule has 0 bridgehead atoms. The molecule has 9 heteroatoms. The van der Waals surface area contributed by atoms with E-state index in [0.717, 1.165) is 0 Å². The lowest BCUT2D eigenvalue weighted by Crippen LogP contribution is -2.47. The first-order valence-corrected chi connectivity index (χ1v) is 10.7. The van der Waals surface area contributed by atoms with Gasteiger partial charge in [-0.1, -0.05) is 39.7 Å². The van der Waals surface area contributed by atoms with Crippen LogP contribution >= 0.6 is 27.5 Å². The topological polar surface area (TPSA) is 86.5 Å². The lowest BCUT2D eigenvalue weighted by Gasteiger charge is -2.39. The molecular weight excluding hydrogens is 501 g/mol. The Morgan fingerprint density at radius 2 is 2.00 bits per heavy atom. The molecule has 1 amide bonds. The molecule has 1 N–H and O–H groups in total. The summed E-state index contributed by atoms with van der Waals surface area (Å²) in [4.78, 5) is 19.2. The van der Waals surface area contributed by atoms with E-state index in [-0.39, 0.29) is 30.9 Å². The summed E-state index contributed by atoms with van der Waals surface area (Å²) in [6.45, 7) is -0.507. The summed E-state index contributed by atoms with van der Waals surface area (Å²) >= 11 is 9.32. The minimum atomic E-state index is -1.65. The zero-order valence-corrected chi connectivity index (χ0v) is 18.9. The molecule has 3 aromatic rings. The second kappa shape index (κ2) is 8.96. The molecular formula is C23H16BrClFN3O3. The first kappa shape index (κ1) is 22.4. The molecule has 1 aliphatic heterocycles. The maximum absolute atomic E-state index is 15.4. The van der Waals surface area contributed by atoms with Crippen molar-refractivity contribution in [2.45, 2.75) is 12.3 Å². The van der Waals surface area contributed by atoms with Crippen molar-refractivity contribution in [2.24, 2.45) is 0 Å². The molecule has 32 heavy (non-hydrogen) atoms. The van der Waals surface area contributed by atoms with Gasteiger partial charge in [-0.25, -0.2) is 4.39 Å². The summed E-state index contributed by atoms with van der Waals surface area (Å²) in [5.74, 6) is -1.09. The fraction of sp³-hybridized carbons (Fsp3) is 0.174. The van der Waals surface area contributed by atoms with Crippen LogP contribution in [0, 0.1) is 17.1 Å². The molecule has 0 saturated heterocycles. The van der Waals surface area contributed by atoms with Crippen molar-refractivity contribution in [1.29, 1.82) is 5.26 Å². The van der Waals surface area contributed by atoms with Gasteiger partial charge in [0.2, 0.25) is 0 Å². The zero-order chi connectivity index (χ0) is 22.9. The van der Waals surface area contributed by atoms with Gasteiger partial charge in [-0.3, -0.25) is 14.7 Å². The average Bonchev–Trinajstić information content (AvgIpc) is 3.02. The van der Waals surface area contributed by atoms with Crippen LogP contribution in [0.5, 0.6) is 0 Å². The first-order valence-electron chi connectivity index (χ1n) is 9.58. The molecule has 2 heterocycles. The van der Waals surface area contributed by atoms with Gasteiger partial charge in [0.1, 0.15) is 11.9 Å². The number of carbonyl (C=O) groups is 1. The number of aromatic nitrogens is 1. The third-order valence-corrected chi connectivity index (χ3v) is 5.87. The van der Waals surface area contributed by atoms with E-state index in [9.17, 15) is 9.90 Å². The van der Waals surface area contributed by atoms with E-state index in [1.807, 2.05) is 6.07 Å². The van der Waals surface area contributed by atoms with Crippen LogP contribution in [0.3, 0.4) is 0 Å². The van der Waals surface area contributed by atoms with Gasteiger partial charge in [-0.15, -0.1) is 0 Å². The Kier molecular flexibility index (Phi) is 6.26. The van der Waals surface area contributed by atoms with Crippen LogP contribution in [0.2, 0.25) is 5.02 Å². The van der Waals surface area contributed by atoms with Gasteiger partial charge in [0.05, 0.1) is 42.1 Å². The second-order valence-corrected chi connectivity index (χ2v) is 8.43. The molecule has 0 radical (unpaired) electrons. The first-order chi connectivity index (χ1) is 15.4. The third-order valence-electron chi connectivity index (χ3n) is 5.16. The quantitative estimate of drug-likeness (QED) is 0.526. The van der Waals surface area contributed by atoms with Crippen molar-refractivity contribution in [3.63, 3.8) is 0 Å². The Labute approximate surface area is 197 Å². The predicted octanol–water partition coefficient (Wildman–Crippen LogP) is 4.37. The molecule has 0 spiro atoms. The molecule has 6 nitrogen and oxygen atoms in total. The van der Waals surface area contributed by atoms with Crippen LogP contribution in [-0.4, -0.2) is 34.1 Å². The number of ether oxygens (including phenoxy) is 1. The summed E-state index contributed by atoms with van der Waals surface area (Å²) in [7, 11) is 0. The number of hydrogen-bond donors (Lipinski definition) is 1. The number of amides is 1. The van der Waals surface area contributed by atoms with Crippen molar-refractivity contribution >= 4 is 33.4 Å². The number of rotatable bonds is 6. The van der Waals surface area contributed by atoms with Crippen molar-refractivity contribution in [2.75, 3.05) is 13.2 Å². The summed E-state index contributed by atoms with van der Waals surface area (Å²) in [6, 6.07) is 14.6. The number of aliphatic hydroxyl groups excluding tert-OH is 1. The fourth-order valence-electron chi connectivity index (χ4n) is 3.84. The van der Waals surface area contributed by atoms with Crippen molar-refractivity contribution in [3.05, 3.63) is 98.0 Å². The molecule has 2 aromatic carbocycles. The largest absolute Gasteiger partial charge is 0.394 e. The molecule has 1 atom stereocenters. The normalized spacial score (nSPS) is 17.3. The highest BCUT2D eigenvalue weighted by Crippen LogP contribution is 2.48. The zero-order valence-electron chi connectivity index (χ0n) is 16.6. The molecule has 0 unspecified atom stereocenters. The standard InChI is InChI=1S/C23H16BrClFN3O3/c24-16-9-19-21(20(26)10-16)23(32-8-7-30,15-2-4-17(25)5-3-15)29(22(19)31)13-18-6-1-14(11-27)12-28-18/h1-6,9-10,12,30H,7-8,13H2/t23-/m1/s1. The number of carbonyl (C=O) groups excluding carboxylic acids is 1. The summed E-state index contributed by atoms with van der Waals surface area (Å²) in [5, 5.41) is 19.0. The van der Waals surface area contributed by atoms with Crippen LogP contribution in [0.1, 0.15) is 32.7 Å². The SMILES string of the molecule is N#Cc1ccc(CN2C(=O)c3cc(Br)cc(F)c3[C@]2(OCCO)c2ccc(Cl)cc2)nc1.